The van der Waals surface area contributed by atoms with Gasteiger partial charge in [-0.2, -0.15) is 0 Å². The van der Waals surface area contributed by atoms with Crippen molar-refractivity contribution in [3.63, 3.8) is 0 Å². The van der Waals surface area contributed by atoms with Crippen molar-refractivity contribution in [1.82, 2.24) is 0 Å². The van der Waals surface area contributed by atoms with Crippen molar-refractivity contribution in [2.24, 2.45) is 11.8 Å². The van der Waals surface area contributed by atoms with Crippen molar-refractivity contribution in [1.29, 1.82) is 0 Å². The number of ether oxygens (including phenoxy) is 2. The smallest absolute Gasteiger partial charge is 0.206 e. The maximum Gasteiger partial charge on any atom is 0.206 e. The monoisotopic (exact) mass is 478 g/mol. The summed E-state index contributed by atoms with van der Waals surface area (Å²) >= 11 is 18.3. The van der Waals surface area contributed by atoms with Gasteiger partial charge in [0.25, 0.3) is 0 Å². The van der Waals surface area contributed by atoms with Crippen molar-refractivity contribution >= 4 is 44.6 Å². The topological polar surface area (TPSA) is 52.6 Å². The van der Waals surface area contributed by atoms with Gasteiger partial charge in [-0.15, -0.1) is 11.6 Å². The van der Waals surface area contributed by atoms with Gasteiger partial charge in [0.05, 0.1) is 33.0 Å². The molecule has 0 radical (unpaired) electrons. The number of alkyl halides is 1. The van der Waals surface area contributed by atoms with E-state index in [1.165, 1.54) is 24.3 Å². The molecule has 0 aliphatic heterocycles. The van der Waals surface area contributed by atoms with Crippen LogP contribution in [0.25, 0.3) is 0 Å². The average Bonchev–Trinajstić information content (AvgIpc) is 2.71. The van der Waals surface area contributed by atoms with Crippen LogP contribution in [0, 0.1) is 11.8 Å². The van der Waals surface area contributed by atoms with Crippen molar-refractivity contribution in [2.45, 2.75) is 37.0 Å². The number of hydrogen-bond acceptors (Lipinski definition) is 4. The van der Waals surface area contributed by atoms with E-state index in [4.69, 9.17) is 44.3 Å². The molecular weight excluding hydrogens is 455 g/mol. The first-order valence-corrected chi connectivity index (χ1v) is 12.1. The molecule has 4 nitrogen and oxygen atoms in total. The second-order valence-electron chi connectivity index (χ2n) is 7.09. The average molecular weight is 480 g/mol. The highest BCUT2D eigenvalue weighted by atomic mass is 35.5. The van der Waals surface area contributed by atoms with Crippen LogP contribution >= 0.6 is 34.8 Å². The fourth-order valence-corrected chi connectivity index (χ4v) is 4.43. The molecule has 0 amide bonds. The molecule has 0 bridgehead atoms. The lowest BCUT2D eigenvalue weighted by Gasteiger charge is -2.15. The third-order valence-electron chi connectivity index (χ3n) is 4.42. The normalized spacial score (nSPS) is 13.7. The molecule has 8 heteroatoms. The molecule has 2 aromatic rings. The third kappa shape index (κ3) is 6.42. The molecule has 0 aromatic heterocycles. The highest BCUT2D eigenvalue weighted by Gasteiger charge is 2.22. The van der Waals surface area contributed by atoms with Gasteiger partial charge in [-0.25, -0.2) is 8.42 Å². The van der Waals surface area contributed by atoms with E-state index in [1.807, 2.05) is 13.8 Å². The third-order valence-corrected chi connectivity index (χ3v) is 7.26. The SMILES string of the molecule is CC[C@@H](C)COc1c(Cl)cc(S(=O)(=O)c2ccc(OC[C@H](C)CCl)cc2)cc1Cl. The van der Waals surface area contributed by atoms with Crippen LogP contribution in [0.2, 0.25) is 10.0 Å². The van der Waals surface area contributed by atoms with Crippen molar-refractivity contribution in [3.05, 3.63) is 46.4 Å². The van der Waals surface area contributed by atoms with Crippen LogP contribution < -0.4 is 9.47 Å². The fourth-order valence-electron chi connectivity index (χ4n) is 2.31. The molecule has 0 unspecified atom stereocenters. The highest BCUT2D eigenvalue weighted by Crippen LogP contribution is 2.37. The first kappa shape index (κ1) is 24.1. The van der Waals surface area contributed by atoms with Crippen LogP contribution in [0.4, 0.5) is 0 Å². The van der Waals surface area contributed by atoms with Gasteiger partial charge in [-0.1, -0.05) is 50.4 Å². The zero-order valence-corrected chi connectivity index (χ0v) is 19.7. The van der Waals surface area contributed by atoms with E-state index in [9.17, 15) is 8.42 Å². The molecule has 0 spiro atoms. The van der Waals surface area contributed by atoms with E-state index < -0.39 is 9.84 Å². The quantitative estimate of drug-likeness (QED) is 0.365. The summed E-state index contributed by atoms with van der Waals surface area (Å²) in [6, 6.07) is 8.93. The largest absolute Gasteiger partial charge is 0.493 e. The minimum atomic E-state index is -3.79. The van der Waals surface area contributed by atoms with Crippen LogP contribution in [0.15, 0.2) is 46.2 Å². The molecule has 0 saturated heterocycles. The number of rotatable bonds is 10. The van der Waals surface area contributed by atoms with Gasteiger partial charge in [0, 0.05) is 11.8 Å². The number of hydrogen-bond donors (Lipinski definition) is 0. The summed E-state index contributed by atoms with van der Waals surface area (Å²) < 4.78 is 37.2. The Balaban J connectivity index is 2.22. The number of sulfone groups is 1. The molecule has 2 atom stereocenters. The van der Waals surface area contributed by atoms with E-state index in [0.717, 1.165) is 6.42 Å². The molecule has 0 saturated carbocycles. The summed E-state index contributed by atoms with van der Waals surface area (Å²) in [5.41, 5.74) is 0. The van der Waals surface area contributed by atoms with E-state index in [2.05, 4.69) is 6.92 Å². The van der Waals surface area contributed by atoms with Crippen LogP contribution in [0.5, 0.6) is 11.5 Å². The number of halogens is 3. The molecule has 0 N–H and O–H groups in total. The molecule has 0 aliphatic carbocycles. The Morgan fingerprint density at radius 1 is 0.897 bits per heavy atom. The zero-order chi connectivity index (χ0) is 21.6. The first-order valence-electron chi connectivity index (χ1n) is 9.34. The van der Waals surface area contributed by atoms with Gasteiger partial charge in [0.1, 0.15) is 5.75 Å². The van der Waals surface area contributed by atoms with Crippen molar-refractivity contribution < 1.29 is 17.9 Å². The molecule has 160 valence electrons. The second-order valence-corrected chi connectivity index (χ2v) is 10.2. The molecule has 0 heterocycles. The Kier molecular flexibility index (Phi) is 8.95. The Morgan fingerprint density at radius 3 is 1.97 bits per heavy atom. The van der Waals surface area contributed by atoms with Gasteiger partial charge >= 0.3 is 0 Å². The fraction of sp³-hybridized carbons (Fsp3) is 0.429. The van der Waals surface area contributed by atoms with E-state index in [1.54, 1.807) is 12.1 Å². The van der Waals surface area contributed by atoms with Gasteiger partial charge in [0.15, 0.2) is 5.75 Å². The molecule has 0 aliphatic rings. The lowest BCUT2D eigenvalue weighted by Crippen LogP contribution is -2.10. The van der Waals surface area contributed by atoms with Crippen LogP contribution in [0.3, 0.4) is 0 Å². The minimum Gasteiger partial charge on any atom is -0.493 e. The van der Waals surface area contributed by atoms with Gasteiger partial charge in [-0.3, -0.25) is 0 Å². The van der Waals surface area contributed by atoms with Gasteiger partial charge in [0.2, 0.25) is 9.84 Å². The molecular formula is C21H25Cl3O4S. The standard InChI is InChI=1S/C21H25Cl3O4S/c1-4-14(2)12-28-21-19(23)9-18(10-20(21)24)29(25,26)17-7-5-16(6-8-17)27-13-15(3)11-22/h5-10,14-15H,4,11-13H2,1-3H3/t14-,15-/m1/s1. The lowest BCUT2D eigenvalue weighted by molar-refractivity contribution is 0.257. The molecule has 2 rings (SSSR count). The van der Waals surface area contributed by atoms with Crippen molar-refractivity contribution in [2.75, 3.05) is 19.1 Å². The minimum absolute atomic E-state index is 0.00724. The van der Waals surface area contributed by atoms with Crippen molar-refractivity contribution in [3.8, 4) is 11.5 Å². The maximum atomic E-state index is 13.0. The number of benzene rings is 2. The predicted molar refractivity (Wildman–Crippen MR) is 119 cm³/mol. The summed E-state index contributed by atoms with van der Waals surface area (Å²) in [6.07, 6.45) is 0.951. The predicted octanol–water partition coefficient (Wildman–Crippen LogP) is 6.50. The summed E-state index contributed by atoms with van der Waals surface area (Å²) in [5.74, 6) is 1.89. The van der Waals surface area contributed by atoms with Crippen LogP contribution in [-0.2, 0) is 9.84 Å². The zero-order valence-electron chi connectivity index (χ0n) is 16.6. The summed E-state index contributed by atoms with van der Waals surface area (Å²) in [6.45, 7) is 6.98. The lowest BCUT2D eigenvalue weighted by atomic mass is 10.1. The van der Waals surface area contributed by atoms with Gasteiger partial charge in [-0.05, 0) is 42.3 Å². The summed E-state index contributed by atoms with van der Waals surface area (Å²) in [5, 5.41) is 0.323. The Bertz CT molecular complexity index is 891. The first-order chi connectivity index (χ1) is 13.7. The van der Waals surface area contributed by atoms with E-state index in [-0.39, 0.29) is 25.8 Å². The Labute approximate surface area is 188 Å². The summed E-state index contributed by atoms with van der Waals surface area (Å²) in [7, 11) is -3.79. The summed E-state index contributed by atoms with van der Waals surface area (Å²) in [4.78, 5) is 0.128. The molecule has 2 aromatic carbocycles. The van der Waals surface area contributed by atoms with Gasteiger partial charge < -0.3 is 9.47 Å². The Morgan fingerprint density at radius 2 is 1.45 bits per heavy atom. The maximum absolute atomic E-state index is 13.0. The van der Waals surface area contributed by atoms with E-state index >= 15 is 0 Å². The Hall–Kier alpha value is -1.14. The highest BCUT2D eigenvalue weighted by molar-refractivity contribution is 7.91. The molecule has 29 heavy (non-hydrogen) atoms. The molecule has 0 fully saturated rings. The van der Waals surface area contributed by atoms with Crippen LogP contribution in [0.1, 0.15) is 27.2 Å². The van der Waals surface area contributed by atoms with Crippen LogP contribution in [-0.4, -0.2) is 27.5 Å². The second kappa shape index (κ2) is 10.8. The van der Waals surface area contributed by atoms with E-state index in [0.29, 0.717) is 36.5 Å².